The van der Waals surface area contributed by atoms with E-state index in [1.54, 1.807) is 0 Å². The van der Waals surface area contributed by atoms with Crippen molar-refractivity contribution in [3.05, 3.63) is 30.3 Å². The molecule has 5 heteroatoms. The summed E-state index contributed by atoms with van der Waals surface area (Å²) < 4.78 is 0. The third-order valence-corrected chi connectivity index (χ3v) is 5.58. The molecule has 2 rings (SSSR count). The number of para-hydroxylation sites is 1. The predicted molar refractivity (Wildman–Crippen MR) is 118 cm³/mol. The van der Waals surface area contributed by atoms with Crippen molar-refractivity contribution in [3.8, 4) is 0 Å². The average Bonchev–Trinajstić information content (AvgIpc) is 3.18. The summed E-state index contributed by atoms with van der Waals surface area (Å²) in [5.41, 5.74) is 1.34. The predicted octanol–water partition coefficient (Wildman–Crippen LogP) is 3.19. The third kappa shape index (κ3) is 7.41. The molecule has 0 aliphatic carbocycles. The third-order valence-electron chi connectivity index (χ3n) is 5.58. The maximum Gasteiger partial charge on any atom is 0.191 e. The number of nitrogens with zero attached hydrogens (tertiary/aromatic N) is 3. The van der Waals surface area contributed by atoms with Gasteiger partial charge in [0.15, 0.2) is 5.96 Å². The van der Waals surface area contributed by atoms with Crippen molar-refractivity contribution in [2.45, 2.75) is 46.1 Å². The summed E-state index contributed by atoms with van der Waals surface area (Å²) in [7, 11) is 1.86. The van der Waals surface area contributed by atoms with Crippen LogP contribution in [0.5, 0.6) is 0 Å². The zero-order valence-electron chi connectivity index (χ0n) is 17.7. The quantitative estimate of drug-likeness (QED) is 0.488. The Bertz CT molecular complexity index is 541. The van der Waals surface area contributed by atoms with Crippen LogP contribution in [0.4, 0.5) is 5.69 Å². The summed E-state index contributed by atoms with van der Waals surface area (Å²) >= 11 is 0. The standard InChI is InChI=1S/C22H39N5/c1-5-26(6-2)15-10-11-19(3)25-22(23-4)24-17-20-14-16-27(18-20)21-12-8-7-9-13-21/h7-9,12-13,19-20H,5-6,10-11,14-18H2,1-4H3,(H2,23,24,25). The van der Waals surface area contributed by atoms with Crippen LogP contribution in [0.25, 0.3) is 0 Å². The van der Waals surface area contributed by atoms with E-state index in [1.807, 2.05) is 7.05 Å². The molecule has 2 N–H and O–H groups in total. The SMILES string of the molecule is CCN(CC)CCCC(C)NC(=NC)NCC1CCN(c2ccccc2)C1. The van der Waals surface area contributed by atoms with Crippen molar-refractivity contribution in [2.24, 2.45) is 10.9 Å². The zero-order chi connectivity index (χ0) is 19.5. The van der Waals surface area contributed by atoms with Crippen LogP contribution in [0.3, 0.4) is 0 Å². The maximum absolute atomic E-state index is 4.41. The number of hydrogen-bond acceptors (Lipinski definition) is 3. The minimum Gasteiger partial charge on any atom is -0.371 e. The summed E-state index contributed by atoms with van der Waals surface area (Å²) in [6.07, 6.45) is 3.63. The Kier molecular flexibility index (Phi) is 9.46. The highest BCUT2D eigenvalue weighted by atomic mass is 15.2. The highest BCUT2D eigenvalue weighted by Gasteiger charge is 2.22. The van der Waals surface area contributed by atoms with Gasteiger partial charge in [-0.25, -0.2) is 0 Å². The Morgan fingerprint density at radius 3 is 2.67 bits per heavy atom. The van der Waals surface area contributed by atoms with Crippen LogP contribution in [-0.2, 0) is 0 Å². The molecule has 0 spiro atoms. The second-order valence-corrected chi connectivity index (χ2v) is 7.60. The van der Waals surface area contributed by atoms with E-state index in [0.717, 1.165) is 38.7 Å². The molecule has 1 heterocycles. The lowest BCUT2D eigenvalue weighted by molar-refractivity contribution is 0.292. The summed E-state index contributed by atoms with van der Waals surface area (Å²) in [5.74, 6) is 1.60. The van der Waals surface area contributed by atoms with E-state index < -0.39 is 0 Å². The smallest absolute Gasteiger partial charge is 0.191 e. The minimum atomic E-state index is 0.441. The molecule has 27 heavy (non-hydrogen) atoms. The number of nitrogens with one attached hydrogen (secondary N) is 2. The lowest BCUT2D eigenvalue weighted by atomic mass is 10.1. The number of benzene rings is 1. The first-order valence-electron chi connectivity index (χ1n) is 10.7. The van der Waals surface area contributed by atoms with Gasteiger partial charge in [0.05, 0.1) is 0 Å². The van der Waals surface area contributed by atoms with Crippen LogP contribution in [0.1, 0.15) is 40.0 Å². The van der Waals surface area contributed by atoms with Gasteiger partial charge >= 0.3 is 0 Å². The second-order valence-electron chi connectivity index (χ2n) is 7.60. The number of rotatable bonds is 10. The molecule has 0 radical (unpaired) electrons. The van der Waals surface area contributed by atoms with Gasteiger partial charge in [0.1, 0.15) is 0 Å². The molecular weight excluding hydrogens is 334 g/mol. The van der Waals surface area contributed by atoms with Crippen molar-refractivity contribution in [2.75, 3.05) is 51.2 Å². The van der Waals surface area contributed by atoms with Gasteiger partial charge in [0, 0.05) is 38.4 Å². The lowest BCUT2D eigenvalue weighted by Gasteiger charge is -2.22. The molecule has 0 aromatic heterocycles. The lowest BCUT2D eigenvalue weighted by Crippen LogP contribution is -2.44. The monoisotopic (exact) mass is 373 g/mol. The second kappa shape index (κ2) is 11.9. The number of aliphatic imine (C=N–C) groups is 1. The Balaban J connectivity index is 1.67. The van der Waals surface area contributed by atoms with Gasteiger partial charge < -0.3 is 20.4 Å². The van der Waals surface area contributed by atoms with Crippen molar-refractivity contribution < 1.29 is 0 Å². The zero-order valence-corrected chi connectivity index (χ0v) is 17.7. The molecular formula is C22H39N5. The first-order valence-corrected chi connectivity index (χ1v) is 10.7. The van der Waals surface area contributed by atoms with Crippen LogP contribution in [0.2, 0.25) is 0 Å². The Labute approximate surface area is 166 Å². The van der Waals surface area contributed by atoms with E-state index in [9.17, 15) is 0 Å². The van der Waals surface area contributed by atoms with E-state index in [1.165, 1.54) is 31.5 Å². The largest absolute Gasteiger partial charge is 0.371 e. The molecule has 152 valence electrons. The molecule has 1 saturated heterocycles. The first-order chi connectivity index (χ1) is 13.2. The molecule has 1 aliphatic rings. The first kappa shape index (κ1) is 21.5. The normalized spacial score (nSPS) is 18.8. The van der Waals surface area contributed by atoms with Crippen LogP contribution in [0, 0.1) is 5.92 Å². The molecule has 0 bridgehead atoms. The van der Waals surface area contributed by atoms with Crippen LogP contribution < -0.4 is 15.5 Å². The van der Waals surface area contributed by atoms with E-state index in [2.05, 4.69) is 76.5 Å². The summed E-state index contributed by atoms with van der Waals surface area (Å²) in [6.45, 7) is 13.4. The van der Waals surface area contributed by atoms with Crippen LogP contribution >= 0.6 is 0 Å². The van der Waals surface area contributed by atoms with Gasteiger partial charge in [-0.1, -0.05) is 32.0 Å². The van der Waals surface area contributed by atoms with Gasteiger partial charge in [0.2, 0.25) is 0 Å². The maximum atomic E-state index is 4.41. The number of hydrogen-bond donors (Lipinski definition) is 2. The Morgan fingerprint density at radius 1 is 1.26 bits per heavy atom. The van der Waals surface area contributed by atoms with Gasteiger partial charge in [-0.05, 0) is 63.9 Å². The van der Waals surface area contributed by atoms with Gasteiger partial charge in [-0.15, -0.1) is 0 Å². The summed E-state index contributed by atoms with van der Waals surface area (Å²) in [5, 5.41) is 7.09. The van der Waals surface area contributed by atoms with Gasteiger partial charge in [-0.2, -0.15) is 0 Å². The number of guanidine groups is 1. The fourth-order valence-electron chi connectivity index (χ4n) is 3.77. The highest BCUT2D eigenvalue weighted by molar-refractivity contribution is 5.79. The van der Waals surface area contributed by atoms with E-state index >= 15 is 0 Å². The van der Waals surface area contributed by atoms with Crippen molar-refractivity contribution in [1.29, 1.82) is 0 Å². The fourth-order valence-corrected chi connectivity index (χ4v) is 3.77. The molecule has 0 amide bonds. The molecule has 1 fully saturated rings. The molecule has 1 aromatic rings. The molecule has 2 atom stereocenters. The summed E-state index contributed by atoms with van der Waals surface area (Å²) in [6, 6.07) is 11.2. The van der Waals surface area contributed by atoms with Crippen molar-refractivity contribution >= 4 is 11.6 Å². The Hall–Kier alpha value is -1.75. The molecule has 2 unspecified atom stereocenters. The number of anilines is 1. The average molecular weight is 374 g/mol. The van der Waals surface area contributed by atoms with E-state index in [-0.39, 0.29) is 0 Å². The Morgan fingerprint density at radius 2 is 2.00 bits per heavy atom. The van der Waals surface area contributed by atoms with Gasteiger partial charge in [-0.3, -0.25) is 4.99 Å². The molecule has 1 aliphatic heterocycles. The fraction of sp³-hybridized carbons (Fsp3) is 0.682. The summed E-state index contributed by atoms with van der Waals surface area (Å²) in [4.78, 5) is 9.38. The minimum absolute atomic E-state index is 0.441. The van der Waals surface area contributed by atoms with Crippen LogP contribution in [-0.4, -0.2) is 63.2 Å². The van der Waals surface area contributed by atoms with Crippen LogP contribution in [0.15, 0.2) is 35.3 Å². The van der Waals surface area contributed by atoms with Gasteiger partial charge in [0.25, 0.3) is 0 Å². The van der Waals surface area contributed by atoms with E-state index in [4.69, 9.17) is 0 Å². The van der Waals surface area contributed by atoms with Crippen molar-refractivity contribution in [1.82, 2.24) is 15.5 Å². The topological polar surface area (TPSA) is 42.9 Å². The van der Waals surface area contributed by atoms with E-state index in [0.29, 0.717) is 12.0 Å². The highest BCUT2D eigenvalue weighted by Crippen LogP contribution is 2.22. The molecule has 0 saturated carbocycles. The molecule has 1 aromatic carbocycles. The van der Waals surface area contributed by atoms with Crippen molar-refractivity contribution in [3.63, 3.8) is 0 Å². The molecule has 5 nitrogen and oxygen atoms in total.